The molecule has 5 aliphatic rings. The van der Waals surface area contributed by atoms with E-state index in [9.17, 15) is 9.59 Å². The van der Waals surface area contributed by atoms with Gasteiger partial charge in [0, 0.05) is 55.5 Å². The molecule has 4 atom stereocenters. The SMILES string of the molecule is Cc1cc(-n2nc3c(c2N2C=CN(c4cc(C5CC5)c5c(cnn5C)c4F)C2=C=O)[C@H](C)N(C(=O)c2cc4cc([C@H]5CCOC(C)(C)C5)ccc4n2[C@@]2(c4noc(=O)[nH]4)C[C@@H]2C)CC3)cc(C)c1F. The van der Waals surface area contributed by atoms with Crippen molar-refractivity contribution in [3.63, 3.8) is 0 Å². The van der Waals surface area contributed by atoms with Crippen LogP contribution in [-0.4, -0.2) is 69.8 Å². The number of nitrogens with one attached hydrogen (secondary N) is 1. The van der Waals surface area contributed by atoms with Gasteiger partial charge in [0.25, 0.3) is 5.91 Å². The summed E-state index contributed by atoms with van der Waals surface area (Å²) in [7, 11) is 1.80. The van der Waals surface area contributed by atoms with Crippen LogP contribution in [0.4, 0.5) is 20.3 Å². The number of rotatable bonds is 8. The zero-order valence-corrected chi connectivity index (χ0v) is 39.6. The molecule has 4 aromatic heterocycles. The topological polar surface area (TPSA) is 153 Å². The van der Waals surface area contributed by atoms with E-state index in [4.69, 9.17) is 14.4 Å². The van der Waals surface area contributed by atoms with E-state index in [0.29, 0.717) is 76.8 Å². The van der Waals surface area contributed by atoms with Crippen molar-refractivity contribution in [3.8, 4) is 5.69 Å². The fraction of sp³-hybridized carbons (Fsp3) is 0.404. The third-order valence-corrected chi connectivity index (χ3v) is 15.5. The van der Waals surface area contributed by atoms with Crippen molar-refractivity contribution in [2.75, 3.05) is 23.0 Å². The summed E-state index contributed by atoms with van der Waals surface area (Å²) in [6, 6.07) is 12.9. The van der Waals surface area contributed by atoms with E-state index >= 15 is 13.6 Å². The number of hydrogen-bond acceptors (Lipinski definition) is 10. The van der Waals surface area contributed by atoms with Gasteiger partial charge in [-0.1, -0.05) is 18.1 Å². The number of carbonyl (C=O) groups is 1. The van der Waals surface area contributed by atoms with Gasteiger partial charge < -0.3 is 14.2 Å². The molecule has 1 saturated heterocycles. The second-order valence-electron chi connectivity index (χ2n) is 20.4. The van der Waals surface area contributed by atoms with Crippen LogP contribution in [0.25, 0.3) is 27.5 Å². The van der Waals surface area contributed by atoms with Gasteiger partial charge >= 0.3 is 5.76 Å². The Morgan fingerprint density at radius 1 is 0.957 bits per heavy atom. The van der Waals surface area contributed by atoms with Crippen LogP contribution < -0.4 is 15.6 Å². The number of aromatic nitrogens is 7. The van der Waals surface area contributed by atoms with Crippen molar-refractivity contribution in [2.24, 2.45) is 13.0 Å². The average Bonchev–Trinajstić information content (AvgIpc) is 3.85. The van der Waals surface area contributed by atoms with Crippen molar-refractivity contribution in [1.29, 1.82) is 0 Å². The summed E-state index contributed by atoms with van der Waals surface area (Å²) in [4.78, 5) is 49.4. The Labute approximate surface area is 395 Å². The Bertz CT molecular complexity index is 3450. The second-order valence-corrected chi connectivity index (χ2v) is 20.4. The van der Waals surface area contributed by atoms with Gasteiger partial charge in [-0.2, -0.15) is 10.2 Å². The van der Waals surface area contributed by atoms with E-state index in [1.54, 1.807) is 65.8 Å². The number of aromatic amines is 1. The number of anilines is 2. The molecule has 0 unspecified atom stereocenters. The van der Waals surface area contributed by atoms with Crippen LogP contribution in [0.5, 0.6) is 0 Å². The van der Waals surface area contributed by atoms with Crippen molar-refractivity contribution in [2.45, 2.75) is 109 Å². The molecule has 3 aromatic carbocycles. The van der Waals surface area contributed by atoms with Crippen molar-refractivity contribution in [3.05, 3.63) is 134 Å². The predicted octanol–water partition coefficient (Wildman–Crippen LogP) is 8.85. The summed E-state index contributed by atoms with van der Waals surface area (Å²) in [5.74, 6) is 1.61. The first kappa shape index (κ1) is 43.2. The number of aryl methyl sites for hydroxylation is 3. The minimum absolute atomic E-state index is 0.00304. The molecular weight excluding hydrogens is 883 g/mol. The minimum Gasteiger partial charge on any atom is -0.376 e. The Hall–Kier alpha value is -7.10. The molecule has 7 heterocycles. The highest BCUT2D eigenvalue weighted by Gasteiger charge is 2.59. The number of H-pyrrole nitrogens is 1. The molecule has 0 radical (unpaired) electrons. The molecule has 2 aliphatic carbocycles. The van der Waals surface area contributed by atoms with E-state index in [2.05, 4.69) is 60.2 Å². The number of nitrogens with zero attached hydrogens (tertiary/aromatic N) is 9. The molecule has 354 valence electrons. The highest BCUT2D eigenvalue weighted by atomic mass is 19.1. The van der Waals surface area contributed by atoms with Crippen LogP contribution in [0.1, 0.15) is 128 Å². The normalized spacial score (nSPS) is 23.1. The molecule has 2 saturated carbocycles. The summed E-state index contributed by atoms with van der Waals surface area (Å²) in [6.45, 7) is 12.6. The van der Waals surface area contributed by atoms with E-state index in [0.717, 1.165) is 53.2 Å². The van der Waals surface area contributed by atoms with Gasteiger partial charge in [-0.3, -0.25) is 28.8 Å². The molecule has 69 heavy (non-hydrogen) atoms. The molecule has 0 spiro atoms. The van der Waals surface area contributed by atoms with Gasteiger partial charge in [-0.25, -0.2) is 23.1 Å². The van der Waals surface area contributed by atoms with Crippen LogP contribution in [0.2, 0.25) is 0 Å². The lowest BCUT2D eigenvalue weighted by Crippen LogP contribution is -2.41. The van der Waals surface area contributed by atoms with Gasteiger partial charge in [0.15, 0.2) is 17.6 Å². The van der Waals surface area contributed by atoms with Crippen LogP contribution in [0, 0.1) is 31.4 Å². The summed E-state index contributed by atoms with van der Waals surface area (Å²) in [5.41, 5.74) is 5.87. The first-order chi connectivity index (χ1) is 33.1. The van der Waals surface area contributed by atoms with Crippen molar-refractivity contribution >= 4 is 45.2 Å². The van der Waals surface area contributed by atoms with Crippen LogP contribution in [-0.2, 0) is 28.5 Å². The Morgan fingerprint density at radius 2 is 1.71 bits per heavy atom. The third-order valence-electron chi connectivity index (χ3n) is 15.5. The molecule has 15 nitrogen and oxygen atoms in total. The second kappa shape index (κ2) is 15.2. The standard InChI is InChI=1S/C52H52F2N10O5/c1-27-18-35(19-28(2)44(27)53)64-47(62-16-15-61(42(62)26-65)40-22-36(31-8-9-31)46-37(45(40)54)25-55-59(46)7)43-30(4)60(14-12-38(43)57-64)48(66)41-21-34-20-32(33-13-17-68-51(5,6)24-33)10-11-39(34)63(41)52(23-29(52)3)49-56-50(67)69-58-49/h10-11,15-16,18-22,25,29-31,33H,8-9,12-14,17,23-24H2,1-7H3,(H,56,58,67)/t29-,30-,33-,52-/m0/s1. The average molecular weight is 935 g/mol. The monoisotopic (exact) mass is 934 g/mol. The van der Waals surface area contributed by atoms with Gasteiger partial charge in [0.1, 0.15) is 22.9 Å². The zero-order valence-electron chi connectivity index (χ0n) is 39.6. The molecular formula is C52H52F2N10O5. The summed E-state index contributed by atoms with van der Waals surface area (Å²) >= 11 is 0. The van der Waals surface area contributed by atoms with Gasteiger partial charge in [-0.15, -0.1) is 0 Å². The summed E-state index contributed by atoms with van der Waals surface area (Å²) < 4.78 is 48.6. The quantitative estimate of drug-likeness (QED) is 0.146. The zero-order chi connectivity index (χ0) is 48.0. The van der Waals surface area contributed by atoms with Crippen LogP contribution >= 0.6 is 0 Å². The fourth-order valence-corrected chi connectivity index (χ4v) is 11.8. The van der Waals surface area contributed by atoms with Crippen LogP contribution in [0.3, 0.4) is 0 Å². The highest BCUT2D eigenvalue weighted by molar-refractivity contribution is 6.00. The largest absolute Gasteiger partial charge is 0.438 e. The first-order valence-electron chi connectivity index (χ1n) is 23.8. The summed E-state index contributed by atoms with van der Waals surface area (Å²) in [5, 5.41) is 15.0. The van der Waals surface area contributed by atoms with Crippen molar-refractivity contribution in [1.82, 2.24) is 39.2 Å². The number of ether oxygens (including phenoxy) is 1. The summed E-state index contributed by atoms with van der Waals surface area (Å²) in [6.07, 6.45) is 9.46. The number of fused-ring (bicyclic) bond motifs is 3. The van der Waals surface area contributed by atoms with E-state index in [1.165, 1.54) is 11.1 Å². The highest BCUT2D eigenvalue weighted by Crippen LogP contribution is 2.56. The van der Waals surface area contributed by atoms with Crippen molar-refractivity contribution < 1.29 is 27.6 Å². The third kappa shape index (κ3) is 6.53. The molecule has 17 heteroatoms. The van der Waals surface area contributed by atoms with Gasteiger partial charge in [-0.05, 0) is 143 Å². The molecule has 1 N–H and O–H groups in total. The Morgan fingerprint density at radius 3 is 2.39 bits per heavy atom. The van der Waals surface area contributed by atoms with Crippen LogP contribution in [0.15, 0.2) is 76.2 Å². The minimum atomic E-state index is -0.861. The molecule has 3 fully saturated rings. The van der Waals surface area contributed by atoms with E-state index in [1.807, 2.05) is 22.5 Å². The molecule has 0 bridgehead atoms. The predicted molar refractivity (Wildman–Crippen MR) is 254 cm³/mol. The number of carbonyl (C=O) groups excluding carboxylic acids is 2. The first-order valence-corrected chi connectivity index (χ1v) is 23.8. The van der Waals surface area contributed by atoms with Gasteiger partial charge in [0.2, 0.25) is 5.82 Å². The fourth-order valence-electron chi connectivity index (χ4n) is 11.8. The number of halogens is 2. The molecule has 7 aromatic rings. The van der Waals surface area contributed by atoms with E-state index < -0.39 is 23.2 Å². The Kier molecular flexibility index (Phi) is 9.52. The maximum Gasteiger partial charge on any atom is 0.438 e. The number of amides is 1. The molecule has 12 rings (SSSR count). The Balaban J connectivity index is 0.986. The maximum absolute atomic E-state index is 16.7. The maximum atomic E-state index is 16.7. The number of benzene rings is 3. The molecule has 3 aliphatic heterocycles. The number of hydrogen-bond donors (Lipinski definition) is 1. The van der Waals surface area contributed by atoms with Gasteiger partial charge in [0.05, 0.1) is 45.8 Å². The smallest absolute Gasteiger partial charge is 0.376 e. The van der Waals surface area contributed by atoms with E-state index in [-0.39, 0.29) is 46.6 Å². The lowest BCUT2D eigenvalue weighted by Gasteiger charge is -2.35. The lowest BCUT2D eigenvalue weighted by atomic mass is 9.83. The lowest BCUT2D eigenvalue weighted by molar-refractivity contribution is -0.0592. The molecule has 1 amide bonds.